The van der Waals surface area contributed by atoms with E-state index < -0.39 is 0 Å². The first-order valence-corrected chi connectivity index (χ1v) is 11.4. The summed E-state index contributed by atoms with van der Waals surface area (Å²) in [5.74, 6) is 1.69. The summed E-state index contributed by atoms with van der Waals surface area (Å²) in [6.07, 6.45) is 5.17. The van der Waals surface area contributed by atoms with Crippen LogP contribution in [-0.4, -0.2) is 38.7 Å². The minimum Gasteiger partial charge on any atom is -0.359 e. The Balaban J connectivity index is 3.46. The second-order valence-corrected chi connectivity index (χ2v) is 9.04. The number of hydrogen-bond donors (Lipinski definition) is 0. The molecule has 0 bridgehead atoms. The van der Waals surface area contributed by atoms with E-state index in [4.69, 9.17) is 9.47 Å². The van der Waals surface area contributed by atoms with Gasteiger partial charge in [-0.2, -0.15) is 0 Å². The number of rotatable bonds is 11. The van der Waals surface area contributed by atoms with E-state index in [1.165, 1.54) is 19.3 Å². The molecule has 4 heteroatoms. The summed E-state index contributed by atoms with van der Waals surface area (Å²) in [5.41, 5.74) is 0. The quantitative estimate of drug-likeness (QED) is 0.322. The Hall–Kier alpha value is 1.17. The first-order valence-electron chi connectivity index (χ1n) is 6.72. The molecule has 17 heavy (non-hydrogen) atoms. The van der Waals surface area contributed by atoms with Crippen LogP contribution in [0.15, 0.2) is 0 Å². The van der Waals surface area contributed by atoms with E-state index in [-0.39, 0.29) is 18.2 Å². The Morgan fingerprint density at radius 1 is 1.12 bits per heavy atom. The van der Waals surface area contributed by atoms with Crippen molar-refractivity contribution in [3.8, 4) is 0 Å². The molecular weight excluding hydrogens is 292 g/mol. The first-order chi connectivity index (χ1) is 8.10. The van der Waals surface area contributed by atoms with Crippen molar-refractivity contribution < 1.29 is 9.47 Å². The van der Waals surface area contributed by atoms with E-state index >= 15 is 0 Å². The SMILES string of the molecule is COCOCCCC(C)CC(C)C[CH](C)[Mg][Br]. The molecule has 0 rings (SSSR count). The maximum Gasteiger partial charge on any atom is 0.471 e. The highest BCUT2D eigenvalue weighted by molar-refractivity contribution is 9.23. The molecule has 3 atom stereocenters. The van der Waals surface area contributed by atoms with Gasteiger partial charge in [0.2, 0.25) is 0 Å². The van der Waals surface area contributed by atoms with Crippen molar-refractivity contribution in [3.63, 3.8) is 0 Å². The first kappa shape index (κ1) is 18.2. The van der Waals surface area contributed by atoms with Crippen molar-refractivity contribution in [3.05, 3.63) is 0 Å². The lowest BCUT2D eigenvalue weighted by Gasteiger charge is -2.19. The summed E-state index contributed by atoms with van der Waals surface area (Å²) in [5, 5.41) is 0. The standard InChI is InChI=1S/C13H27O2.BrH.Mg/c1-5-7-12(2)10-13(3)8-6-9-15-11-14-4;;/h5,12-13H,6-11H2,1-4H3;1H;/q;;+1/p-1. The van der Waals surface area contributed by atoms with Crippen molar-refractivity contribution in [2.75, 3.05) is 20.5 Å². The van der Waals surface area contributed by atoms with Crippen LogP contribution in [0, 0.1) is 11.8 Å². The molecule has 0 aliphatic rings. The fraction of sp³-hybridized carbons (Fsp3) is 1.00. The van der Waals surface area contributed by atoms with Crippen LogP contribution in [0.4, 0.5) is 0 Å². The Morgan fingerprint density at radius 3 is 2.41 bits per heavy atom. The predicted octanol–water partition coefficient (Wildman–Crippen LogP) is 4.26. The van der Waals surface area contributed by atoms with Crippen molar-refractivity contribution in [2.45, 2.75) is 50.5 Å². The highest BCUT2D eigenvalue weighted by Gasteiger charge is 2.13. The van der Waals surface area contributed by atoms with E-state index in [9.17, 15) is 0 Å². The molecule has 0 radical (unpaired) electrons. The summed E-state index contributed by atoms with van der Waals surface area (Å²) in [6.45, 7) is 8.39. The van der Waals surface area contributed by atoms with Crippen molar-refractivity contribution in [2.24, 2.45) is 11.8 Å². The summed E-state index contributed by atoms with van der Waals surface area (Å²) < 4.78 is 11.1. The Labute approximate surface area is 123 Å². The van der Waals surface area contributed by atoms with Crippen LogP contribution in [0.25, 0.3) is 0 Å². The molecule has 0 fully saturated rings. The van der Waals surface area contributed by atoms with E-state index in [1.54, 1.807) is 7.11 Å². The zero-order valence-electron chi connectivity index (χ0n) is 11.9. The van der Waals surface area contributed by atoms with Gasteiger partial charge in [-0.3, -0.25) is 0 Å². The molecule has 0 heterocycles. The van der Waals surface area contributed by atoms with Gasteiger partial charge in [-0.25, -0.2) is 0 Å². The summed E-state index contributed by atoms with van der Waals surface area (Å²) in [4.78, 5) is 0. The minimum atomic E-state index is 0.0147. The van der Waals surface area contributed by atoms with Gasteiger partial charge in [-0.1, -0.05) is 27.2 Å². The van der Waals surface area contributed by atoms with Gasteiger partial charge in [-0.05, 0) is 31.1 Å². The Morgan fingerprint density at radius 2 is 1.82 bits per heavy atom. The molecule has 0 aromatic heterocycles. The average Bonchev–Trinajstić information content (AvgIpc) is 2.28. The van der Waals surface area contributed by atoms with Gasteiger partial charge >= 0.3 is 18.2 Å². The number of hydrogen-bond acceptors (Lipinski definition) is 2. The third-order valence-corrected chi connectivity index (χ3v) is 7.24. The van der Waals surface area contributed by atoms with Crippen LogP contribution in [-0.2, 0) is 9.47 Å². The fourth-order valence-electron chi connectivity index (χ4n) is 2.33. The van der Waals surface area contributed by atoms with Crippen LogP contribution < -0.4 is 0 Å². The average molecular weight is 320 g/mol. The minimum absolute atomic E-state index is 0.0147. The molecule has 0 aromatic carbocycles. The smallest absolute Gasteiger partial charge is 0.359 e. The van der Waals surface area contributed by atoms with E-state index in [1.807, 2.05) is 0 Å². The lowest BCUT2D eigenvalue weighted by atomic mass is 9.91. The van der Waals surface area contributed by atoms with Crippen LogP contribution in [0.3, 0.4) is 0 Å². The second kappa shape index (κ2) is 12.2. The molecule has 2 nitrogen and oxygen atoms in total. The molecule has 100 valence electrons. The topological polar surface area (TPSA) is 18.5 Å². The van der Waals surface area contributed by atoms with Gasteiger partial charge in [0, 0.05) is 13.7 Å². The normalized spacial score (nSPS) is 16.3. The van der Waals surface area contributed by atoms with Gasteiger partial charge in [-0.15, -0.1) is 4.05 Å². The summed E-state index contributed by atoms with van der Waals surface area (Å²) >= 11 is 3.70. The maximum atomic E-state index is 5.30. The van der Waals surface area contributed by atoms with Crippen LogP contribution in [0.5, 0.6) is 0 Å². The monoisotopic (exact) mass is 318 g/mol. The lowest BCUT2D eigenvalue weighted by Crippen LogP contribution is -2.08. The fourth-order valence-corrected chi connectivity index (χ4v) is 3.81. The molecule has 0 aliphatic heterocycles. The van der Waals surface area contributed by atoms with Crippen LogP contribution in [0.2, 0.25) is 4.05 Å². The zero-order valence-corrected chi connectivity index (χ0v) is 14.9. The largest absolute Gasteiger partial charge is 0.471 e. The summed E-state index contributed by atoms with van der Waals surface area (Å²) in [6, 6.07) is 0. The molecule has 3 unspecified atom stereocenters. The summed E-state index contributed by atoms with van der Waals surface area (Å²) in [7, 11) is 1.67. The number of methoxy groups -OCH3 is 1. The third kappa shape index (κ3) is 12.0. The zero-order chi connectivity index (χ0) is 13.1. The highest BCUT2D eigenvalue weighted by atomic mass is 79.9. The van der Waals surface area contributed by atoms with E-state index in [2.05, 4.69) is 33.7 Å². The molecule has 0 aliphatic carbocycles. The van der Waals surface area contributed by atoms with Gasteiger partial charge in [0.1, 0.15) is 6.79 Å². The molecule has 0 N–H and O–H groups in total. The van der Waals surface area contributed by atoms with Crippen molar-refractivity contribution >= 4 is 31.1 Å². The van der Waals surface area contributed by atoms with E-state index in [0.717, 1.165) is 28.9 Å². The van der Waals surface area contributed by atoms with Gasteiger partial charge in [0.15, 0.2) is 0 Å². The van der Waals surface area contributed by atoms with Crippen LogP contribution in [0.1, 0.15) is 46.5 Å². The molecule has 0 spiro atoms. The van der Waals surface area contributed by atoms with Crippen LogP contribution >= 0.6 is 12.9 Å². The van der Waals surface area contributed by atoms with Crippen molar-refractivity contribution in [1.82, 2.24) is 0 Å². The Kier molecular flexibility index (Phi) is 13.1. The van der Waals surface area contributed by atoms with Crippen molar-refractivity contribution in [1.29, 1.82) is 0 Å². The molecular formula is C13H27BrMgO2. The highest BCUT2D eigenvalue weighted by Crippen LogP contribution is 2.25. The number of ether oxygens (including phenoxy) is 2. The molecule has 0 amide bonds. The van der Waals surface area contributed by atoms with Gasteiger partial charge < -0.3 is 22.4 Å². The number of halogens is 1. The maximum absolute atomic E-state index is 5.30. The van der Waals surface area contributed by atoms with E-state index in [0.29, 0.717) is 6.79 Å². The van der Waals surface area contributed by atoms with Gasteiger partial charge in [0.05, 0.1) is 0 Å². The lowest BCUT2D eigenvalue weighted by molar-refractivity contribution is -0.0323. The Bertz CT molecular complexity index is 169. The molecule has 0 aromatic rings. The molecule has 0 saturated carbocycles. The molecule has 0 saturated heterocycles. The van der Waals surface area contributed by atoms with Gasteiger partial charge in [0.25, 0.3) is 0 Å². The predicted molar refractivity (Wildman–Crippen MR) is 78.7 cm³/mol. The second-order valence-electron chi connectivity index (χ2n) is 5.40. The third-order valence-electron chi connectivity index (χ3n) is 3.06.